The van der Waals surface area contributed by atoms with Gasteiger partial charge in [-0.3, -0.25) is 19.7 Å². The minimum absolute atomic E-state index is 0.115. The van der Waals surface area contributed by atoms with Crippen LogP contribution in [0.4, 0.5) is 5.69 Å². The van der Waals surface area contributed by atoms with E-state index in [4.69, 9.17) is 11.6 Å². The summed E-state index contributed by atoms with van der Waals surface area (Å²) in [4.78, 5) is 29.5. The number of halogens is 2. The van der Waals surface area contributed by atoms with Gasteiger partial charge in [0.1, 0.15) is 10.3 Å². The molecule has 0 saturated heterocycles. The van der Waals surface area contributed by atoms with Crippen molar-refractivity contribution in [3.8, 4) is 17.3 Å². The van der Waals surface area contributed by atoms with Crippen molar-refractivity contribution in [1.29, 1.82) is 5.26 Å². The summed E-state index contributed by atoms with van der Waals surface area (Å²) in [7, 11) is 1.47. The topological polar surface area (TPSA) is 124 Å². The van der Waals surface area contributed by atoms with E-state index in [9.17, 15) is 14.9 Å². The number of hydrogen-bond donors (Lipinski definition) is 3. The quantitative estimate of drug-likeness (QED) is 0.533. The number of carbonyl (C=O) groups excluding carboxylic acids is 2. The maximum atomic E-state index is 13.0. The number of H-pyrrole nitrogens is 1. The van der Waals surface area contributed by atoms with Gasteiger partial charge < -0.3 is 10.6 Å². The molecule has 10 heteroatoms. The highest BCUT2D eigenvalue weighted by molar-refractivity contribution is 9.10. The van der Waals surface area contributed by atoms with E-state index in [0.29, 0.717) is 32.0 Å². The van der Waals surface area contributed by atoms with E-state index in [-0.39, 0.29) is 16.9 Å². The summed E-state index contributed by atoms with van der Waals surface area (Å²) in [6, 6.07) is 8.33. The molecular formula is C19H14BrClN6O2. The van der Waals surface area contributed by atoms with Crippen LogP contribution in [0.3, 0.4) is 0 Å². The van der Waals surface area contributed by atoms with Gasteiger partial charge in [0.15, 0.2) is 0 Å². The molecule has 0 aliphatic carbocycles. The van der Waals surface area contributed by atoms with Gasteiger partial charge in [-0.25, -0.2) is 0 Å². The Balaban J connectivity index is 2.07. The van der Waals surface area contributed by atoms with Crippen LogP contribution in [0.1, 0.15) is 32.0 Å². The van der Waals surface area contributed by atoms with Crippen LogP contribution in [-0.2, 0) is 0 Å². The van der Waals surface area contributed by atoms with E-state index in [1.807, 2.05) is 6.07 Å². The lowest BCUT2D eigenvalue weighted by atomic mass is 10.0. The minimum atomic E-state index is -0.544. The number of rotatable bonds is 4. The van der Waals surface area contributed by atoms with Crippen LogP contribution >= 0.6 is 27.5 Å². The van der Waals surface area contributed by atoms with E-state index in [0.717, 1.165) is 0 Å². The largest absolute Gasteiger partial charge is 0.355 e. The monoisotopic (exact) mass is 472 g/mol. The fraction of sp³-hybridized carbons (Fsp3) is 0.105. The highest BCUT2D eigenvalue weighted by Gasteiger charge is 2.24. The Bertz CT molecular complexity index is 1170. The highest BCUT2D eigenvalue weighted by atomic mass is 79.9. The number of carbonyl (C=O) groups is 2. The molecule has 0 atom stereocenters. The third kappa shape index (κ3) is 3.99. The van der Waals surface area contributed by atoms with Gasteiger partial charge in [-0.1, -0.05) is 11.6 Å². The normalized spacial score (nSPS) is 10.3. The molecule has 146 valence electrons. The van der Waals surface area contributed by atoms with Crippen molar-refractivity contribution < 1.29 is 9.59 Å². The average molecular weight is 474 g/mol. The Morgan fingerprint density at radius 3 is 2.72 bits per heavy atom. The number of aromatic amines is 1. The van der Waals surface area contributed by atoms with Crippen molar-refractivity contribution in [1.82, 2.24) is 20.5 Å². The van der Waals surface area contributed by atoms with E-state index < -0.39 is 11.8 Å². The third-order valence-electron chi connectivity index (χ3n) is 4.12. The van der Waals surface area contributed by atoms with Gasteiger partial charge in [-0.15, -0.1) is 0 Å². The van der Waals surface area contributed by atoms with Crippen LogP contribution in [0.2, 0.25) is 5.02 Å². The number of benzene rings is 1. The molecule has 1 aromatic carbocycles. The molecule has 8 nitrogen and oxygen atoms in total. The molecule has 0 spiro atoms. The maximum Gasteiger partial charge on any atom is 0.274 e. The second-order valence-electron chi connectivity index (χ2n) is 5.96. The van der Waals surface area contributed by atoms with Crippen LogP contribution < -0.4 is 10.6 Å². The Kier molecular flexibility index (Phi) is 5.96. The van der Waals surface area contributed by atoms with Gasteiger partial charge in [0.05, 0.1) is 39.2 Å². The van der Waals surface area contributed by atoms with E-state index in [2.05, 4.69) is 41.7 Å². The van der Waals surface area contributed by atoms with Crippen molar-refractivity contribution in [2.45, 2.75) is 6.92 Å². The Morgan fingerprint density at radius 2 is 2.07 bits per heavy atom. The second-order valence-corrected chi connectivity index (χ2v) is 7.12. The number of aromatic nitrogens is 3. The zero-order valence-electron chi connectivity index (χ0n) is 15.3. The first kappa shape index (κ1) is 20.5. The van der Waals surface area contributed by atoms with Crippen molar-refractivity contribution in [3.63, 3.8) is 0 Å². The van der Waals surface area contributed by atoms with Gasteiger partial charge in [0.25, 0.3) is 11.8 Å². The molecule has 2 amide bonds. The lowest BCUT2D eigenvalue weighted by Gasteiger charge is -2.14. The van der Waals surface area contributed by atoms with Crippen LogP contribution in [0.15, 0.2) is 35.1 Å². The molecule has 3 N–H and O–H groups in total. The number of nitrogens with zero attached hydrogens (tertiary/aromatic N) is 3. The summed E-state index contributed by atoms with van der Waals surface area (Å²) in [6.45, 7) is 1.70. The molecule has 0 fully saturated rings. The molecule has 29 heavy (non-hydrogen) atoms. The number of anilines is 1. The van der Waals surface area contributed by atoms with Crippen molar-refractivity contribution in [2.24, 2.45) is 0 Å². The van der Waals surface area contributed by atoms with Crippen LogP contribution in [0.25, 0.3) is 11.3 Å². The Hall–Kier alpha value is -3.22. The van der Waals surface area contributed by atoms with Crippen LogP contribution in [-0.4, -0.2) is 34.0 Å². The zero-order chi connectivity index (χ0) is 21.1. The standard InChI is InChI=1S/C19H14BrClN6O2/c1-9-6-10(8-22)7-11(18(28)23-2)14(9)25-19(29)16-13(17(20)27-26-16)15-12(21)4-3-5-24-15/h3-7H,1-2H3,(H,23,28)(H,25,29)(H,26,27). The Labute approximate surface area is 179 Å². The van der Waals surface area contributed by atoms with Gasteiger partial charge >= 0.3 is 0 Å². The van der Waals surface area contributed by atoms with Crippen molar-refractivity contribution in [2.75, 3.05) is 12.4 Å². The zero-order valence-corrected chi connectivity index (χ0v) is 17.6. The molecule has 3 rings (SSSR count). The van der Waals surface area contributed by atoms with Gasteiger partial charge in [-0.05, 0) is 52.7 Å². The summed E-state index contributed by atoms with van der Waals surface area (Å²) in [6.07, 6.45) is 1.55. The summed E-state index contributed by atoms with van der Waals surface area (Å²) in [5, 5.41) is 21.5. The van der Waals surface area contributed by atoms with E-state index in [1.165, 1.54) is 13.1 Å². The summed E-state index contributed by atoms with van der Waals surface area (Å²) in [5.41, 5.74) is 2.22. The van der Waals surface area contributed by atoms with Gasteiger partial charge in [0.2, 0.25) is 0 Å². The fourth-order valence-electron chi connectivity index (χ4n) is 2.78. The molecule has 0 radical (unpaired) electrons. The smallest absolute Gasteiger partial charge is 0.274 e. The number of hydrogen-bond acceptors (Lipinski definition) is 5. The SMILES string of the molecule is CNC(=O)c1cc(C#N)cc(C)c1NC(=O)c1[nH]nc(Br)c1-c1ncccc1Cl. The van der Waals surface area contributed by atoms with E-state index >= 15 is 0 Å². The van der Waals surface area contributed by atoms with Gasteiger partial charge in [-0.2, -0.15) is 10.4 Å². The lowest BCUT2D eigenvalue weighted by molar-refractivity contribution is 0.0964. The molecule has 0 bridgehead atoms. The molecular weight excluding hydrogens is 460 g/mol. The van der Waals surface area contributed by atoms with E-state index in [1.54, 1.807) is 31.3 Å². The number of nitrogens with one attached hydrogen (secondary N) is 3. The molecule has 0 aliphatic rings. The predicted octanol–water partition coefficient (Wildman–Crippen LogP) is 3.68. The lowest BCUT2D eigenvalue weighted by Crippen LogP contribution is -2.23. The highest BCUT2D eigenvalue weighted by Crippen LogP contribution is 2.34. The van der Waals surface area contributed by atoms with Gasteiger partial charge in [0, 0.05) is 13.2 Å². The predicted molar refractivity (Wildman–Crippen MR) is 112 cm³/mol. The summed E-state index contributed by atoms with van der Waals surface area (Å²) >= 11 is 9.53. The molecule has 2 aromatic heterocycles. The maximum absolute atomic E-state index is 13.0. The van der Waals surface area contributed by atoms with Crippen molar-refractivity contribution >= 4 is 45.0 Å². The minimum Gasteiger partial charge on any atom is -0.355 e. The first-order valence-electron chi connectivity index (χ1n) is 8.30. The summed E-state index contributed by atoms with van der Waals surface area (Å²) < 4.78 is 0.367. The van der Waals surface area contributed by atoms with Crippen LogP contribution in [0, 0.1) is 18.3 Å². The number of amides is 2. The summed E-state index contributed by atoms with van der Waals surface area (Å²) in [5.74, 6) is -0.975. The number of pyridine rings is 1. The number of aryl methyl sites for hydroxylation is 1. The third-order valence-corrected chi connectivity index (χ3v) is 5.00. The molecule has 0 unspecified atom stereocenters. The molecule has 3 aromatic rings. The first-order valence-corrected chi connectivity index (χ1v) is 9.47. The first-order chi connectivity index (χ1) is 13.9. The molecule has 0 aliphatic heterocycles. The number of nitriles is 1. The Morgan fingerprint density at radius 1 is 1.31 bits per heavy atom. The molecule has 0 saturated carbocycles. The fourth-order valence-corrected chi connectivity index (χ4v) is 3.47. The van der Waals surface area contributed by atoms with Crippen molar-refractivity contribution in [3.05, 3.63) is 62.5 Å². The average Bonchev–Trinajstić information content (AvgIpc) is 3.10. The molecule has 2 heterocycles. The van der Waals surface area contributed by atoms with Crippen LogP contribution in [0.5, 0.6) is 0 Å². The second kappa shape index (κ2) is 8.43.